The first kappa shape index (κ1) is 13.6. The van der Waals surface area contributed by atoms with E-state index < -0.39 is 0 Å². The van der Waals surface area contributed by atoms with Crippen molar-refractivity contribution in [2.45, 2.75) is 65.0 Å². The second-order valence-electron chi connectivity index (χ2n) is 5.82. The van der Waals surface area contributed by atoms with E-state index in [2.05, 4.69) is 31.2 Å². The molecule has 1 unspecified atom stereocenters. The summed E-state index contributed by atoms with van der Waals surface area (Å²) in [5, 5.41) is 8.11. The maximum absolute atomic E-state index is 4.33. The maximum Gasteiger partial charge on any atom is 0.0540 e. The topological polar surface area (TPSA) is 29.9 Å². The minimum Gasteiger partial charge on any atom is -0.307 e. The van der Waals surface area contributed by atoms with E-state index in [4.69, 9.17) is 0 Å². The molecular weight excluding hydrogens is 222 g/mol. The fraction of sp³-hybridized carbons (Fsp3) is 0.800. The molecule has 1 heterocycles. The van der Waals surface area contributed by atoms with Crippen molar-refractivity contribution in [1.82, 2.24) is 15.1 Å². The summed E-state index contributed by atoms with van der Waals surface area (Å²) in [6.07, 6.45) is 8.82. The van der Waals surface area contributed by atoms with Gasteiger partial charge in [0, 0.05) is 30.4 Å². The van der Waals surface area contributed by atoms with Crippen LogP contribution in [0.25, 0.3) is 0 Å². The molecule has 1 saturated carbocycles. The van der Waals surface area contributed by atoms with Gasteiger partial charge in [0.2, 0.25) is 0 Å². The fourth-order valence-electron chi connectivity index (χ4n) is 3.12. The SMILES string of the molecule is CCC1CCC(NC(C)c2cnn(C)c2C)CC1. The predicted molar refractivity (Wildman–Crippen MR) is 75.5 cm³/mol. The van der Waals surface area contributed by atoms with Gasteiger partial charge in [-0.05, 0) is 45.4 Å². The molecule has 18 heavy (non-hydrogen) atoms. The summed E-state index contributed by atoms with van der Waals surface area (Å²) < 4.78 is 1.96. The summed E-state index contributed by atoms with van der Waals surface area (Å²) in [5.74, 6) is 0.971. The third kappa shape index (κ3) is 2.94. The first-order valence-electron chi connectivity index (χ1n) is 7.36. The van der Waals surface area contributed by atoms with Gasteiger partial charge in [-0.25, -0.2) is 0 Å². The molecule has 0 amide bonds. The van der Waals surface area contributed by atoms with Crippen molar-refractivity contribution in [3.05, 3.63) is 17.5 Å². The van der Waals surface area contributed by atoms with Crippen LogP contribution in [-0.4, -0.2) is 15.8 Å². The van der Waals surface area contributed by atoms with Crippen molar-refractivity contribution in [3.8, 4) is 0 Å². The van der Waals surface area contributed by atoms with Crippen molar-refractivity contribution in [3.63, 3.8) is 0 Å². The Morgan fingerprint density at radius 1 is 1.39 bits per heavy atom. The van der Waals surface area contributed by atoms with E-state index >= 15 is 0 Å². The summed E-state index contributed by atoms with van der Waals surface area (Å²) in [4.78, 5) is 0. The lowest BCUT2D eigenvalue weighted by atomic mass is 9.84. The first-order chi connectivity index (χ1) is 8.61. The van der Waals surface area contributed by atoms with Crippen molar-refractivity contribution >= 4 is 0 Å². The van der Waals surface area contributed by atoms with Crippen LogP contribution in [-0.2, 0) is 7.05 Å². The van der Waals surface area contributed by atoms with E-state index in [1.165, 1.54) is 43.4 Å². The summed E-state index contributed by atoms with van der Waals surface area (Å²) >= 11 is 0. The molecule has 0 spiro atoms. The molecule has 0 bridgehead atoms. The quantitative estimate of drug-likeness (QED) is 0.887. The van der Waals surface area contributed by atoms with Gasteiger partial charge in [0.15, 0.2) is 0 Å². The highest BCUT2D eigenvalue weighted by atomic mass is 15.3. The normalized spacial score (nSPS) is 26.2. The van der Waals surface area contributed by atoms with Crippen LogP contribution in [0.4, 0.5) is 0 Å². The van der Waals surface area contributed by atoms with Crippen LogP contribution in [0.15, 0.2) is 6.20 Å². The number of rotatable bonds is 4. The standard InChI is InChI=1S/C15H27N3/c1-5-13-6-8-14(9-7-13)17-11(2)15-10-16-18(4)12(15)3/h10-11,13-14,17H,5-9H2,1-4H3. The van der Waals surface area contributed by atoms with E-state index in [9.17, 15) is 0 Å². The zero-order valence-electron chi connectivity index (χ0n) is 12.2. The average Bonchev–Trinajstić information content (AvgIpc) is 2.71. The van der Waals surface area contributed by atoms with Crippen LogP contribution in [0.1, 0.15) is 63.3 Å². The molecule has 1 N–H and O–H groups in total. The smallest absolute Gasteiger partial charge is 0.0540 e. The first-order valence-corrected chi connectivity index (χ1v) is 7.36. The molecule has 1 aliphatic carbocycles. The number of nitrogens with zero attached hydrogens (tertiary/aromatic N) is 2. The van der Waals surface area contributed by atoms with E-state index in [0.29, 0.717) is 12.1 Å². The zero-order valence-corrected chi connectivity index (χ0v) is 12.2. The van der Waals surface area contributed by atoms with Crippen molar-refractivity contribution in [1.29, 1.82) is 0 Å². The van der Waals surface area contributed by atoms with Gasteiger partial charge in [-0.2, -0.15) is 5.10 Å². The Balaban J connectivity index is 1.88. The van der Waals surface area contributed by atoms with E-state index in [1.54, 1.807) is 0 Å². The van der Waals surface area contributed by atoms with E-state index in [-0.39, 0.29) is 0 Å². The molecule has 0 aliphatic heterocycles. The van der Waals surface area contributed by atoms with Gasteiger partial charge in [-0.15, -0.1) is 0 Å². The molecule has 0 saturated heterocycles. The summed E-state index contributed by atoms with van der Waals surface area (Å²) in [7, 11) is 2.01. The molecule has 0 radical (unpaired) electrons. The summed E-state index contributed by atoms with van der Waals surface area (Å²) in [6, 6.07) is 1.12. The van der Waals surface area contributed by atoms with Gasteiger partial charge in [0.1, 0.15) is 0 Å². The largest absolute Gasteiger partial charge is 0.307 e. The second kappa shape index (κ2) is 5.87. The molecule has 1 atom stereocenters. The highest BCUT2D eigenvalue weighted by Crippen LogP contribution is 2.28. The molecule has 3 nitrogen and oxygen atoms in total. The number of nitrogens with one attached hydrogen (secondary N) is 1. The number of aromatic nitrogens is 2. The van der Waals surface area contributed by atoms with E-state index in [0.717, 1.165) is 5.92 Å². The molecule has 3 heteroatoms. The Morgan fingerprint density at radius 3 is 2.56 bits per heavy atom. The van der Waals surface area contributed by atoms with Crippen molar-refractivity contribution in [2.75, 3.05) is 0 Å². The third-order valence-corrected chi connectivity index (χ3v) is 4.65. The Kier molecular flexibility index (Phi) is 4.44. The molecule has 102 valence electrons. The third-order valence-electron chi connectivity index (χ3n) is 4.65. The number of aryl methyl sites for hydroxylation is 1. The lowest BCUT2D eigenvalue weighted by Gasteiger charge is -2.30. The van der Waals surface area contributed by atoms with E-state index in [1.807, 2.05) is 17.9 Å². The Morgan fingerprint density at radius 2 is 2.06 bits per heavy atom. The highest BCUT2D eigenvalue weighted by Gasteiger charge is 2.22. The van der Waals surface area contributed by atoms with Gasteiger partial charge >= 0.3 is 0 Å². The average molecular weight is 249 g/mol. The Bertz CT molecular complexity index is 375. The van der Waals surface area contributed by atoms with Crippen LogP contribution < -0.4 is 5.32 Å². The molecule has 0 aromatic carbocycles. The lowest BCUT2D eigenvalue weighted by Crippen LogP contribution is -2.35. The second-order valence-corrected chi connectivity index (χ2v) is 5.82. The van der Waals surface area contributed by atoms with Gasteiger partial charge in [-0.1, -0.05) is 13.3 Å². The van der Waals surface area contributed by atoms with Crippen molar-refractivity contribution in [2.24, 2.45) is 13.0 Å². The predicted octanol–water partition coefficient (Wildman–Crippen LogP) is 3.35. The minimum atomic E-state index is 0.418. The van der Waals surface area contributed by atoms with Crippen LogP contribution in [0.2, 0.25) is 0 Å². The lowest BCUT2D eigenvalue weighted by molar-refractivity contribution is 0.273. The number of hydrogen-bond donors (Lipinski definition) is 1. The van der Waals surface area contributed by atoms with Gasteiger partial charge < -0.3 is 5.32 Å². The van der Waals surface area contributed by atoms with Gasteiger partial charge in [0.25, 0.3) is 0 Å². The summed E-state index contributed by atoms with van der Waals surface area (Å²) in [5.41, 5.74) is 2.62. The molecule has 1 aromatic heterocycles. The monoisotopic (exact) mass is 249 g/mol. The zero-order chi connectivity index (χ0) is 13.1. The highest BCUT2D eigenvalue weighted by molar-refractivity contribution is 5.19. The van der Waals surface area contributed by atoms with Gasteiger partial charge in [-0.3, -0.25) is 4.68 Å². The van der Waals surface area contributed by atoms with Crippen LogP contribution in [0, 0.1) is 12.8 Å². The number of hydrogen-bond acceptors (Lipinski definition) is 2. The fourth-order valence-corrected chi connectivity index (χ4v) is 3.12. The van der Waals surface area contributed by atoms with Crippen LogP contribution in [0.5, 0.6) is 0 Å². The Labute approximate surface area is 111 Å². The van der Waals surface area contributed by atoms with Crippen LogP contribution >= 0.6 is 0 Å². The molecule has 2 rings (SSSR count). The van der Waals surface area contributed by atoms with Crippen LogP contribution in [0.3, 0.4) is 0 Å². The summed E-state index contributed by atoms with van der Waals surface area (Å²) in [6.45, 7) is 6.73. The molecule has 1 aliphatic rings. The minimum absolute atomic E-state index is 0.418. The molecule has 1 fully saturated rings. The molecular formula is C15H27N3. The molecule has 1 aromatic rings. The van der Waals surface area contributed by atoms with Crippen molar-refractivity contribution < 1.29 is 0 Å². The Hall–Kier alpha value is -0.830. The maximum atomic E-state index is 4.33. The van der Waals surface area contributed by atoms with Gasteiger partial charge in [0.05, 0.1) is 6.20 Å².